The highest BCUT2D eigenvalue weighted by Gasteiger charge is 2.16. The summed E-state index contributed by atoms with van der Waals surface area (Å²) in [4.78, 5) is 14.9. The van der Waals surface area contributed by atoms with E-state index in [-0.39, 0.29) is 11.4 Å². The first-order chi connectivity index (χ1) is 10.0. The molecule has 0 unspecified atom stereocenters. The maximum Gasteiger partial charge on any atom is 0.278 e. The number of rotatable bonds is 2. The van der Waals surface area contributed by atoms with E-state index in [9.17, 15) is 9.90 Å². The van der Waals surface area contributed by atoms with Crippen molar-refractivity contribution >= 4 is 22.5 Å². The van der Waals surface area contributed by atoms with Gasteiger partial charge in [-0.1, -0.05) is 11.6 Å². The molecule has 0 radical (unpaired) electrons. The minimum Gasteiger partial charge on any atom is -0.505 e. The lowest BCUT2D eigenvalue weighted by Gasteiger charge is -2.09. The van der Waals surface area contributed by atoms with Crippen LogP contribution in [-0.2, 0) is 0 Å². The molecule has 0 aliphatic heterocycles. The first-order valence-corrected chi connectivity index (χ1v) is 6.53. The van der Waals surface area contributed by atoms with Gasteiger partial charge in [-0.2, -0.15) is 5.10 Å². The van der Waals surface area contributed by atoms with Crippen molar-refractivity contribution in [1.82, 2.24) is 14.8 Å². The van der Waals surface area contributed by atoms with Crippen molar-refractivity contribution in [3.63, 3.8) is 0 Å². The summed E-state index contributed by atoms with van der Waals surface area (Å²) in [5, 5.41) is 15.4. The Morgan fingerprint density at radius 3 is 2.86 bits per heavy atom. The van der Waals surface area contributed by atoms with Gasteiger partial charge in [0.1, 0.15) is 0 Å². The van der Waals surface area contributed by atoms with E-state index in [1.807, 2.05) is 6.92 Å². The predicted octanol–water partition coefficient (Wildman–Crippen LogP) is 2.39. The van der Waals surface area contributed by atoms with Crippen LogP contribution in [0.2, 0.25) is 5.02 Å². The zero-order valence-corrected chi connectivity index (χ0v) is 12.1. The molecule has 2 N–H and O–H groups in total. The van der Waals surface area contributed by atoms with Gasteiger partial charge in [0.15, 0.2) is 17.2 Å². The van der Waals surface area contributed by atoms with Gasteiger partial charge in [0, 0.05) is 10.4 Å². The molecule has 0 aliphatic carbocycles. The Balaban J connectivity index is 2.33. The number of halogens is 1. The van der Waals surface area contributed by atoms with Crippen LogP contribution in [0.15, 0.2) is 29.3 Å². The van der Waals surface area contributed by atoms with Crippen LogP contribution < -0.4 is 10.3 Å². The molecule has 1 aromatic carbocycles. The fourth-order valence-electron chi connectivity index (χ4n) is 2.14. The second-order valence-corrected chi connectivity index (χ2v) is 5.03. The number of methoxy groups -OCH3 is 1. The van der Waals surface area contributed by atoms with Crippen LogP contribution in [0, 0.1) is 6.92 Å². The number of nitrogens with zero attached hydrogens (tertiary/aromatic N) is 2. The Bertz CT molecular complexity index is 898. The highest BCUT2D eigenvalue weighted by molar-refractivity contribution is 6.32. The van der Waals surface area contributed by atoms with Crippen molar-refractivity contribution in [2.75, 3.05) is 7.11 Å². The summed E-state index contributed by atoms with van der Waals surface area (Å²) in [5.74, 6) is 0.334. The molecular weight excluding hydrogens is 294 g/mol. The molecule has 0 aliphatic rings. The SMILES string of the molecule is COc1cnn(-c2c(O)c3cc(C)c(Cl)cc3[nH]c2=O)c1. The summed E-state index contributed by atoms with van der Waals surface area (Å²) in [5.41, 5.74) is 0.838. The smallest absolute Gasteiger partial charge is 0.278 e. The molecule has 0 fully saturated rings. The van der Waals surface area contributed by atoms with Gasteiger partial charge in [-0.3, -0.25) is 4.79 Å². The molecular formula is C14H12ClN3O3. The molecule has 7 heteroatoms. The molecule has 3 aromatic rings. The normalized spacial score (nSPS) is 11.0. The first kappa shape index (κ1) is 13.5. The minimum absolute atomic E-state index is 0.0347. The van der Waals surface area contributed by atoms with Crippen molar-refractivity contribution in [1.29, 1.82) is 0 Å². The minimum atomic E-state index is -0.467. The van der Waals surface area contributed by atoms with Crippen molar-refractivity contribution in [2.45, 2.75) is 6.92 Å². The third-order valence-electron chi connectivity index (χ3n) is 3.27. The van der Waals surface area contributed by atoms with E-state index >= 15 is 0 Å². The van der Waals surface area contributed by atoms with Gasteiger partial charge in [0.25, 0.3) is 5.56 Å². The summed E-state index contributed by atoms with van der Waals surface area (Å²) in [6.07, 6.45) is 2.97. The Morgan fingerprint density at radius 2 is 2.19 bits per heavy atom. The maximum atomic E-state index is 12.2. The number of H-pyrrole nitrogens is 1. The highest BCUT2D eigenvalue weighted by atomic mass is 35.5. The van der Waals surface area contributed by atoms with E-state index in [4.69, 9.17) is 16.3 Å². The number of fused-ring (bicyclic) bond motifs is 1. The largest absolute Gasteiger partial charge is 0.505 e. The first-order valence-electron chi connectivity index (χ1n) is 6.15. The van der Waals surface area contributed by atoms with Crippen molar-refractivity contribution in [3.8, 4) is 17.2 Å². The second-order valence-electron chi connectivity index (χ2n) is 4.62. The van der Waals surface area contributed by atoms with Gasteiger partial charge < -0.3 is 14.8 Å². The lowest BCUT2D eigenvalue weighted by atomic mass is 10.1. The van der Waals surface area contributed by atoms with Crippen LogP contribution in [0.1, 0.15) is 5.56 Å². The van der Waals surface area contributed by atoms with Crippen LogP contribution in [-0.4, -0.2) is 27.0 Å². The van der Waals surface area contributed by atoms with Crippen molar-refractivity contribution < 1.29 is 9.84 Å². The maximum absolute atomic E-state index is 12.2. The quantitative estimate of drug-likeness (QED) is 0.762. The van der Waals surface area contributed by atoms with Crippen molar-refractivity contribution in [3.05, 3.63) is 45.5 Å². The fraction of sp³-hybridized carbons (Fsp3) is 0.143. The lowest BCUT2D eigenvalue weighted by Crippen LogP contribution is -2.15. The van der Waals surface area contributed by atoms with Crippen molar-refractivity contribution in [2.24, 2.45) is 0 Å². The van der Waals surface area contributed by atoms with Crippen LogP contribution in [0.25, 0.3) is 16.6 Å². The number of benzene rings is 1. The fourth-order valence-corrected chi connectivity index (χ4v) is 2.31. The molecule has 6 nitrogen and oxygen atoms in total. The monoisotopic (exact) mass is 305 g/mol. The number of hydrogen-bond acceptors (Lipinski definition) is 4. The molecule has 108 valence electrons. The number of aromatic nitrogens is 3. The van der Waals surface area contributed by atoms with E-state index in [0.29, 0.717) is 21.7 Å². The third kappa shape index (κ3) is 2.13. The van der Waals surface area contributed by atoms with Crippen LogP contribution in [0.5, 0.6) is 11.5 Å². The summed E-state index contributed by atoms with van der Waals surface area (Å²) >= 11 is 6.03. The zero-order valence-electron chi connectivity index (χ0n) is 11.3. The number of pyridine rings is 1. The third-order valence-corrected chi connectivity index (χ3v) is 3.67. The van der Waals surface area contributed by atoms with Gasteiger partial charge in [0.2, 0.25) is 0 Å². The van der Waals surface area contributed by atoms with Crippen LogP contribution in [0.4, 0.5) is 0 Å². The Labute approximate surface area is 124 Å². The molecule has 0 saturated carbocycles. The molecule has 21 heavy (non-hydrogen) atoms. The van der Waals surface area contributed by atoms with Crippen LogP contribution in [0.3, 0.4) is 0 Å². The molecule has 0 spiro atoms. The predicted molar refractivity (Wildman–Crippen MR) is 79.7 cm³/mol. The second kappa shape index (κ2) is 4.82. The number of aryl methyl sites for hydroxylation is 1. The zero-order chi connectivity index (χ0) is 15.1. The molecule has 0 bridgehead atoms. The summed E-state index contributed by atoms with van der Waals surface area (Å²) in [7, 11) is 1.50. The summed E-state index contributed by atoms with van der Waals surface area (Å²) in [6, 6.07) is 3.33. The van der Waals surface area contributed by atoms with E-state index in [0.717, 1.165) is 5.56 Å². The van der Waals surface area contributed by atoms with E-state index in [1.54, 1.807) is 12.1 Å². The number of nitrogens with one attached hydrogen (secondary N) is 1. The molecule has 0 amide bonds. The number of aromatic hydroxyl groups is 1. The van der Waals surface area contributed by atoms with E-state index in [1.165, 1.54) is 24.2 Å². The van der Waals surface area contributed by atoms with Gasteiger partial charge >= 0.3 is 0 Å². The highest BCUT2D eigenvalue weighted by Crippen LogP contribution is 2.31. The molecule has 0 saturated heterocycles. The van der Waals surface area contributed by atoms with Gasteiger partial charge in [0.05, 0.1) is 25.0 Å². The number of hydrogen-bond donors (Lipinski definition) is 2. The number of aromatic amines is 1. The average Bonchev–Trinajstić information content (AvgIpc) is 2.90. The molecule has 0 atom stereocenters. The topological polar surface area (TPSA) is 80.1 Å². The van der Waals surface area contributed by atoms with E-state index < -0.39 is 5.56 Å². The molecule has 2 heterocycles. The van der Waals surface area contributed by atoms with Gasteiger partial charge in [-0.05, 0) is 24.6 Å². The molecule has 2 aromatic heterocycles. The summed E-state index contributed by atoms with van der Waals surface area (Å²) < 4.78 is 6.30. The Kier molecular flexibility index (Phi) is 3.10. The van der Waals surface area contributed by atoms with Gasteiger partial charge in [-0.15, -0.1) is 0 Å². The van der Waals surface area contributed by atoms with Gasteiger partial charge in [-0.25, -0.2) is 4.68 Å². The lowest BCUT2D eigenvalue weighted by molar-refractivity contribution is 0.414. The average molecular weight is 306 g/mol. The Hall–Kier alpha value is -2.47. The number of ether oxygens (including phenoxy) is 1. The summed E-state index contributed by atoms with van der Waals surface area (Å²) in [6.45, 7) is 1.82. The standard InChI is InChI=1S/C14H12ClN3O3/c1-7-3-9-11(4-10(7)15)17-14(20)12(13(9)19)18-6-8(21-2)5-16-18/h3-6H,1-2H3,(H2,17,19,20). The molecule has 3 rings (SSSR count). The Morgan fingerprint density at radius 1 is 1.43 bits per heavy atom. The van der Waals surface area contributed by atoms with Crippen LogP contribution >= 0.6 is 11.6 Å². The van der Waals surface area contributed by atoms with E-state index in [2.05, 4.69) is 10.1 Å².